The Hall–Kier alpha value is -4.59. The number of carbonyl (C=O) groups excluding carboxylic acids is 2. The maximum Gasteiger partial charge on any atom is 0.323 e. The van der Waals surface area contributed by atoms with Crippen LogP contribution in [0.3, 0.4) is 0 Å². The summed E-state index contributed by atoms with van der Waals surface area (Å²) in [5.74, 6) is 1.13. The molecule has 8 heteroatoms. The Labute approximate surface area is 229 Å². The molecule has 1 aliphatic rings. The number of aromatic nitrogens is 1. The lowest BCUT2D eigenvalue weighted by Gasteiger charge is -2.21. The molecule has 3 amide bonds. The van der Waals surface area contributed by atoms with Gasteiger partial charge in [0.05, 0.1) is 30.7 Å². The number of fused-ring (bicyclic) bond motifs is 2. The van der Waals surface area contributed by atoms with Crippen molar-refractivity contribution in [2.24, 2.45) is 0 Å². The van der Waals surface area contributed by atoms with E-state index in [1.54, 1.807) is 13.3 Å². The molecule has 0 radical (unpaired) electrons. The van der Waals surface area contributed by atoms with Crippen molar-refractivity contribution in [3.63, 3.8) is 0 Å². The zero-order valence-corrected chi connectivity index (χ0v) is 23.2. The molecule has 4 aromatic rings. The van der Waals surface area contributed by atoms with Crippen molar-refractivity contribution in [2.45, 2.75) is 40.0 Å². The number of methoxy groups -OCH3 is 1. The molecule has 0 atom stereocenters. The van der Waals surface area contributed by atoms with Gasteiger partial charge in [0.15, 0.2) is 0 Å². The summed E-state index contributed by atoms with van der Waals surface area (Å²) in [7, 11) is 1.58. The van der Waals surface area contributed by atoms with Gasteiger partial charge in [0.2, 0.25) is 5.91 Å². The first kappa shape index (κ1) is 27.4. The first-order valence-electron chi connectivity index (χ1n) is 13.1. The van der Waals surface area contributed by atoms with Crippen LogP contribution in [0.1, 0.15) is 40.2 Å². The lowest BCUT2D eigenvalue weighted by molar-refractivity contribution is -0.114. The van der Waals surface area contributed by atoms with Crippen LogP contribution in [0.2, 0.25) is 0 Å². The van der Waals surface area contributed by atoms with Crippen molar-refractivity contribution in [2.75, 3.05) is 34.9 Å². The molecule has 3 aromatic carbocycles. The lowest BCUT2D eigenvalue weighted by Crippen LogP contribution is -2.27. The highest BCUT2D eigenvalue weighted by atomic mass is 16.5. The maximum absolute atomic E-state index is 13.1. The Balaban J connectivity index is 0.00000172. The molecule has 1 aromatic heterocycles. The monoisotopic (exact) mass is 525 g/mol. The predicted octanol–water partition coefficient (Wildman–Crippen LogP) is 7.24. The highest BCUT2D eigenvalue weighted by molar-refractivity contribution is 6.10. The second-order valence-corrected chi connectivity index (χ2v) is 9.97. The van der Waals surface area contributed by atoms with Gasteiger partial charge >= 0.3 is 6.03 Å². The average Bonchev–Trinajstić information content (AvgIpc) is 2.93. The van der Waals surface area contributed by atoms with Crippen LogP contribution in [0.4, 0.5) is 27.7 Å². The second kappa shape index (κ2) is 11.4. The van der Waals surface area contributed by atoms with E-state index in [2.05, 4.69) is 47.0 Å². The van der Waals surface area contributed by atoms with E-state index in [9.17, 15) is 9.59 Å². The number of anilines is 4. The van der Waals surface area contributed by atoms with Gasteiger partial charge in [-0.05, 0) is 46.2 Å². The summed E-state index contributed by atoms with van der Waals surface area (Å²) < 4.78 is 5.47. The van der Waals surface area contributed by atoms with E-state index in [0.29, 0.717) is 28.6 Å². The summed E-state index contributed by atoms with van der Waals surface area (Å²) in [4.78, 5) is 29.4. The minimum absolute atomic E-state index is 0.0738. The van der Waals surface area contributed by atoms with Crippen LogP contribution in [0.5, 0.6) is 5.75 Å². The number of carbonyl (C=O) groups is 2. The molecule has 202 valence electrons. The molecule has 39 heavy (non-hydrogen) atoms. The first-order valence-corrected chi connectivity index (χ1v) is 13.1. The zero-order chi connectivity index (χ0) is 28.2. The van der Waals surface area contributed by atoms with Gasteiger partial charge in [-0.15, -0.1) is 0 Å². The lowest BCUT2D eigenvalue weighted by atomic mass is 9.87. The smallest absolute Gasteiger partial charge is 0.323 e. The standard InChI is InChI=1S/C29H29N5O3.C2H6/c1-29(2,3)18-9-12-25(37-4)23(14-18)34-28(36)33-22-11-10-19(20-7-5-6-8-21(20)22)17-13-24-27(30-15-17)31-16-26(35)32-24;1-2/h5-15H,16H2,1-4H3,(H,30,31)(H,32,35)(H2,33,34,36);1-2H3. The molecule has 0 unspecified atom stereocenters. The molecule has 0 fully saturated rings. The normalized spacial score (nSPS) is 12.3. The number of benzene rings is 3. The number of hydrogen-bond acceptors (Lipinski definition) is 5. The molecule has 8 nitrogen and oxygen atoms in total. The van der Waals surface area contributed by atoms with E-state index in [0.717, 1.165) is 27.5 Å². The van der Waals surface area contributed by atoms with E-state index < -0.39 is 0 Å². The van der Waals surface area contributed by atoms with E-state index in [1.165, 1.54) is 0 Å². The summed E-state index contributed by atoms with van der Waals surface area (Å²) in [6.45, 7) is 10.6. The Morgan fingerprint density at radius 3 is 2.38 bits per heavy atom. The number of amides is 3. The molecule has 4 N–H and O–H groups in total. The third-order valence-corrected chi connectivity index (χ3v) is 6.38. The molecule has 0 bridgehead atoms. The van der Waals surface area contributed by atoms with Crippen LogP contribution in [0, 0.1) is 0 Å². The highest BCUT2D eigenvalue weighted by Gasteiger charge is 2.19. The molecule has 0 saturated carbocycles. The summed E-state index contributed by atoms with van der Waals surface area (Å²) in [6.07, 6.45) is 1.78. The van der Waals surface area contributed by atoms with E-state index in [-0.39, 0.29) is 23.9 Å². The number of rotatable bonds is 4. The number of nitrogens with one attached hydrogen (secondary N) is 4. The molecule has 5 rings (SSSR count). The van der Waals surface area contributed by atoms with Gasteiger partial charge in [-0.2, -0.15) is 0 Å². The minimum Gasteiger partial charge on any atom is -0.495 e. The van der Waals surface area contributed by atoms with Crippen molar-refractivity contribution < 1.29 is 14.3 Å². The molecule has 0 spiro atoms. The van der Waals surface area contributed by atoms with Gasteiger partial charge in [0.25, 0.3) is 0 Å². The Kier molecular flexibility index (Phi) is 8.04. The summed E-state index contributed by atoms with van der Waals surface area (Å²) in [5, 5.41) is 13.6. The molecular weight excluding hydrogens is 490 g/mol. The highest BCUT2D eigenvalue weighted by Crippen LogP contribution is 2.36. The van der Waals surface area contributed by atoms with Gasteiger partial charge < -0.3 is 26.0 Å². The van der Waals surface area contributed by atoms with Gasteiger partial charge in [-0.3, -0.25) is 4.79 Å². The molecule has 2 heterocycles. The summed E-state index contributed by atoms with van der Waals surface area (Å²) in [6, 6.07) is 19.0. The van der Waals surface area contributed by atoms with Crippen LogP contribution >= 0.6 is 0 Å². The Morgan fingerprint density at radius 2 is 1.67 bits per heavy atom. The Bertz CT molecular complexity index is 1520. The number of nitrogens with zero attached hydrogens (tertiary/aromatic N) is 1. The SMILES string of the molecule is CC.COc1ccc(C(C)(C)C)cc1NC(=O)Nc1ccc(-c2cnc3c(c2)NC(=O)CN3)c2ccccc12. The van der Waals surface area contributed by atoms with Crippen molar-refractivity contribution >= 4 is 45.6 Å². The van der Waals surface area contributed by atoms with Gasteiger partial charge in [-0.1, -0.05) is 71.0 Å². The average molecular weight is 526 g/mol. The van der Waals surface area contributed by atoms with Crippen molar-refractivity contribution in [3.8, 4) is 16.9 Å². The molecular formula is C31H35N5O3. The van der Waals surface area contributed by atoms with Crippen molar-refractivity contribution in [1.82, 2.24) is 4.98 Å². The van der Waals surface area contributed by atoms with Gasteiger partial charge in [0, 0.05) is 17.1 Å². The minimum atomic E-state index is -0.369. The van der Waals surface area contributed by atoms with Gasteiger partial charge in [0.1, 0.15) is 11.6 Å². The molecule has 0 aliphatic carbocycles. The fourth-order valence-electron chi connectivity index (χ4n) is 4.41. The number of ether oxygens (including phenoxy) is 1. The van der Waals surface area contributed by atoms with Crippen LogP contribution in [0.15, 0.2) is 66.9 Å². The largest absolute Gasteiger partial charge is 0.495 e. The van der Waals surface area contributed by atoms with Crippen molar-refractivity contribution in [1.29, 1.82) is 0 Å². The van der Waals surface area contributed by atoms with Crippen LogP contribution < -0.4 is 26.0 Å². The van der Waals surface area contributed by atoms with Crippen LogP contribution in [0.25, 0.3) is 21.9 Å². The number of hydrogen-bond donors (Lipinski definition) is 4. The molecule has 1 aliphatic heterocycles. The van der Waals surface area contributed by atoms with Crippen LogP contribution in [-0.4, -0.2) is 30.6 Å². The third kappa shape index (κ3) is 5.95. The fourth-order valence-corrected chi connectivity index (χ4v) is 4.41. The van der Waals surface area contributed by atoms with Gasteiger partial charge in [-0.25, -0.2) is 9.78 Å². The third-order valence-electron chi connectivity index (χ3n) is 6.38. The number of pyridine rings is 1. The maximum atomic E-state index is 13.1. The van der Waals surface area contributed by atoms with E-state index in [4.69, 9.17) is 4.74 Å². The first-order chi connectivity index (χ1) is 18.7. The Morgan fingerprint density at radius 1 is 0.949 bits per heavy atom. The van der Waals surface area contributed by atoms with E-state index in [1.807, 2.05) is 74.5 Å². The van der Waals surface area contributed by atoms with Crippen molar-refractivity contribution in [3.05, 3.63) is 72.4 Å². The summed E-state index contributed by atoms with van der Waals surface area (Å²) >= 11 is 0. The zero-order valence-electron chi connectivity index (χ0n) is 23.2. The second-order valence-electron chi connectivity index (χ2n) is 9.97. The topological polar surface area (TPSA) is 104 Å². The summed E-state index contributed by atoms with van der Waals surface area (Å²) in [5.41, 5.74) is 4.73. The predicted molar refractivity (Wildman–Crippen MR) is 160 cm³/mol. The quantitative estimate of drug-likeness (QED) is 0.225. The van der Waals surface area contributed by atoms with E-state index >= 15 is 0 Å². The number of urea groups is 1. The van der Waals surface area contributed by atoms with Crippen LogP contribution in [-0.2, 0) is 10.2 Å². The fraction of sp³-hybridized carbons (Fsp3) is 0.258. The molecule has 0 saturated heterocycles.